The van der Waals surface area contributed by atoms with Crippen molar-refractivity contribution in [3.05, 3.63) is 72.1 Å². The lowest BCUT2D eigenvalue weighted by Gasteiger charge is -2.09. The molecule has 0 spiro atoms. The van der Waals surface area contributed by atoms with E-state index in [1.807, 2.05) is 52.4 Å². The zero-order chi connectivity index (χ0) is 21.8. The maximum absolute atomic E-state index is 12.4. The topological polar surface area (TPSA) is 120 Å². The third-order valence-corrected chi connectivity index (χ3v) is 6.91. The number of para-hydroxylation sites is 1. The molecule has 2 heterocycles. The number of hydrogen-bond acceptors (Lipinski definition) is 7. The number of benzene rings is 2. The van der Waals surface area contributed by atoms with Crippen molar-refractivity contribution < 1.29 is 13.2 Å². The maximum Gasteiger partial charge on any atom is 0.238 e. The fourth-order valence-corrected chi connectivity index (χ4v) is 4.76. The molecule has 0 fully saturated rings. The highest BCUT2D eigenvalue weighted by Crippen LogP contribution is 2.30. The van der Waals surface area contributed by atoms with Crippen LogP contribution in [-0.4, -0.2) is 34.8 Å². The second-order valence-corrected chi connectivity index (χ2v) is 9.81. The molecule has 3 N–H and O–H groups in total. The molecule has 0 aliphatic heterocycles. The number of rotatable bonds is 7. The van der Waals surface area contributed by atoms with Crippen LogP contribution in [0.2, 0.25) is 0 Å². The van der Waals surface area contributed by atoms with Crippen molar-refractivity contribution in [3.8, 4) is 16.4 Å². The zero-order valence-electron chi connectivity index (χ0n) is 16.0. The van der Waals surface area contributed by atoms with Gasteiger partial charge in [0.2, 0.25) is 15.9 Å². The van der Waals surface area contributed by atoms with Gasteiger partial charge in [-0.2, -0.15) is 0 Å². The Morgan fingerprint density at radius 1 is 1.03 bits per heavy atom. The van der Waals surface area contributed by atoms with Crippen LogP contribution >= 0.6 is 23.1 Å². The molecule has 11 heteroatoms. The molecule has 31 heavy (non-hydrogen) atoms. The first-order chi connectivity index (χ1) is 14.9. The van der Waals surface area contributed by atoms with Gasteiger partial charge in [-0.05, 0) is 47.8 Å². The summed E-state index contributed by atoms with van der Waals surface area (Å²) < 4.78 is 24.6. The molecule has 1 amide bonds. The molecule has 4 aromatic rings. The van der Waals surface area contributed by atoms with Crippen LogP contribution in [0.4, 0.5) is 5.69 Å². The van der Waals surface area contributed by atoms with Crippen molar-refractivity contribution >= 4 is 44.7 Å². The molecule has 8 nitrogen and oxygen atoms in total. The van der Waals surface area contributed by atoms with Gasteiger partial charge in [0.1, 0.15) is 0 Å². The van der Waals surface area contributed by atoms with Crippen molar-refractivity contribution in [2.45, 2.75) is 10.1 Å². The largest absolute Gasteiger partial charge is 0.325 e. The Kier molecular flexibility index (Phi) is 6.18. The molecule has 0 saturated heterocycles. The second-order valence-electron chi connectivity index (χ2n) is 6.36. The number of sulfonamides is 1. The first kappa shape index (κ1) is 21.2. The van der Waals surface area contributed by atoms with Crippen molar-refractivity contribution in [1.29, 1.82) is 0 Å². The summed E-state index contributed by atoms with van der Waals surface area (Å²) in [5, 5.41) is 19.0. The van der Waals surface area contributed by atoms with Crippen LogP contribution in [0.25, 0.3) is 16.4 Å². The number of amides is 1. The van der Waals surface area contributed by atoms with Gasteiger partial charge in [-0.15, -0.1) is 21.5 Å². The monoisotopic (exact) mass is 471 g/mol. The van der Waals surface area contributed by atoms with Crippen LogP contribution in [0.1, 0.15) is 0 Å². The predicted molar refractivity (Wildman–Crippen MR) is 122 cm³/mol. The van der Waals surface area contributed by atoms with E-state index < -0.39 is 10.0 Å². The molecule has 158 valence electrons. The molecule has 2 aromatic heterocycles. The Bertz CT molecular complexity index is 1290. The van der Waals surface area contributed by atoms with Crippen LogP contribution in [0.5, 0.6) is 0 Å². The molecule has 0 unspecified atom stereocenters. The van der Waals surface area contributed by atoms with Crippen molar-refractivity contribution in [1.82, 2.24) is 14.8 Å². The van der Waals surface area contributed by atoms with Gasteiger partial charge in [0.25, 0.3) is 0 Å². The molecular formula is C20H17N5O3S3. The Labute approximate surface area is 187 Å². The summed E-state index contributed by atoms with van der Waals surface area (Å²) in [6, 6.07) is 19.3. The number of nitrogens with zero attached hydrogens (tertiary/aromatic N) is 3. The van der Waals surface area contributed by atoms with E-state index in [-0.39, 0.29) is 16.6 Å². The first-order valence-electron chi connectivity index (χ1n) is 9.02. The number of nitrogens with one attached hydrogen (secondary N) is 1. The minimum absolute atomic E-state index is 0.0167. The highest BCUT2D eigenvalue weighted by molar-refractivity contribution is 7.99. The summed E-state index contributed by atoms with van der Waals surface area (Å²) >= 11 is 2.82. The van der Waals surface area contributed by atoms with Crippen molar-refractivity contribution in [3.63, 3.8) is 0 Å². The van der Waals surface area contributed by atoms with E-state index in [0.717, 1.165) is 10.6 Å². The third kappa shape index (κ3) is 5.02. The number of primary sulfonamides is 1. The molecule has 0 aliphatic rings. The summed E-state index contributed by atoms with van der Waals surface area (Å²) in [5.41, 5.74) is 1.37. The third-order valence-electron chi connectivity index (χ3n) is 4.19. The Balaban J connectivity index is 1.50. The van der Waals surface area contributed by atoms with Gasteiger partial charge in [0.05, 0.1) is 15.5 Å². The molecule has 0 bridgehead atoms. The summed E-state index contributed by atoms with van der Waals surface area (Å²) in [5.74, 6) is 0.558. The minimum Gasteiger partial charge on any atom is -0.325 e. The highest BCUT2D eigenvalue weighted by atomic mass is 32.2. The molecule has 0 atom stereocenters. The maximum atomic E-state index is 12.4. The zero-order valence-corrected chi connectivity index (χ0v) is 18.5. The summed E-state index contributed by atoms with van der Waals surface area (Å²) in [7, 11) is -3.78. The first-order valence-corrected chi connectivity index (χ1v) is 12.4. The van der Waals surface area contributed by atoms with Crippen LogP contribution < -0.4 is 10.5 Å². The Hall–Kier alpha value is -2.99. The molecule has 4 rings (SSSR count). The second kappa shape index (κ2) is 9.02. The van der Waals surface area contributed by atoms with E-state index in [4.69, 9.17) is 5.14 Å². The molecule has 0 saturated carbocycles. The van der Waals surface area contributed by atoms with Crippen molar-refractivity contribution in [2.75, 3.05) is 11.1 Å². The highest BCUT2D eigenvalue weighted by Gasteiger charge is 2.18. The van der Waals surface area contributed by atoms with Gasteiger partial charge in [0, 0.05) is 11.4 Å². The number of anilines is 1. The van der Waals surface area contributed by atoms with Gasteiger partial charge < -0.3 is 5.32 Å². The lowest BCUT2D eigenvalue weighted by Crippen LogP contribution is -2.15. The van der Waals surface area contributed by atoms with Gasteiger partial charge in [-0.25, -0.2) is 13.6 Å². The number of carbonyl (C=O) groups excluding carboxylic acids is 1. The number of aromatic nitrogens is 3. The Morgan fingerprint density at radius 2 is 1.77 bits per heavy atom. The molecular weight excluding hydrogens is 454 g/mol. The van der Waals surface area contributed by atoms with Gasteiger partial charge in [-0.3, -0.25) is 9.36 Å². The molecule has 2 aromatic carbocycles. The lowest BCUT2D eigenvalue weighted by atomic mass is 10.3. The predicted octanol–water partition coefficient (Wildman–Crippen LogP) is 3.37. The number of nitrogens with two attached hydrogens (primary N) is 1. The number of carbonyl (C=O) groups is 1. The summed E-state index contributed by atoms with van der Waals surface area (Å²) in [6.45, 7) is 0. The standard InChI is InChI=1S/C20H17N5O3S3/c21-31(27,28)16-10-8-14(9-11-16)22-18(26)13-30-20-24-23-19(17-7-4-12-29-17)25(20)15-5-2-1-3-6-15/h1-12H,13H2,(H,22,26)(H2,21,27,28). The van der Waals surface area contributed by atoms with E-state index in [1.165, 1.54) is 36.0 Å². The summed E-state index contributed by atoms with van der Waals surface area (Å²) in [6.07, 6.45) is 0. The number of thiophene rings is 1. The van der Waals surface area contributed by atoms with E-state index in [0.29, 0.717) is 16.7 Å². The van der Waals surface area contributed by atoms with Crippen LogP contribution in [-0.2, 0) is 14.8 Å². The molecule has 0 aliphatic carbocycles. The van der Waals surface area contributed by atoms with E-state index in [9.17, 15) is 13.2 Å². The van der Waals surface area contributed by atoms with E-state index >= 15 is 0 Å². The fourth-order valence-electron chi connectivity index (χ4n) is 2.79. The van der Waals surface area contributed by atoms with Crippen LogP contribution in [0.15, 0.2) is 82.2 Å². The van der Waals surface area contributed by atoms with Crippen LogP contribution in [0, 0.1) is 0 Å². The average Bonchev–Trinajstić information content (AvgIpc) is 3.42. The van der Waals surface area contributed by atoms with Gasteiger partial charge in [0.15, 0.2) is 11.0 Å². The fraction of sp³-hybridized carbons (Fsp3) is 0.0500. The SMILES string of the molecule is NS(=O)(=O)c1ccc(NC(=O)CSc2nnc(-c3cccs3)n2-c2ccccc2)cc1. The van der Waals surface area contributed by atoms with Gasteiger partial charge >= 0.3 is 0 Å². The lowest BCUT2D eigenvalue weighted by molar-refractivity contribution is -0.113. The molecule has 0 radical (unpaired) electrons. The van der Waals surface area contributed by atoms with E-state index in [1.54, 1.807) is 11.3 Å². The number of thioether (sulfide) groups is 1. The normalized spacial score (nSPS) is 11.4. The van der Waals surface area contributed by atoms with Crippen LogP contribution in [0.3, 0.4) is 0 Å². The van der Waals surface area contributed by atoms with E-state index in [2.05, 4.69) is 15.5 Å². The quantitative estimate of drug-likeness (QED) is 0.399. The Morgan fingerprint density at radius 3 is 2.42 bits per heavy atom. The van der Waals surface area contributed by atoms with Gasteiger partial charge in [-0.1, -0.05) is 36.0 Å². The minimum atomic E-state index is -3.78. The van der Waals surface area contributed by atoms with Crippen molar-refractivity contribution in [2.24, 2.45) is 5.14 Å². The smallest absolute Gasteiger partial charge is 0.238 e. The number of hydrogen-bond donors (Lipinski definition) is 2. The average molecular weight is 472 g/mol. The summed E-state index contributed by atoms with van der Waals surface area (Å²) in [4.78, 5) is 13.4.